The highest BCUT2D eigenvalue weighted by molar-refractivity contribution is 5.87. The second-order valence-corrected chi connectivity index (χ2v) is 37.1. The third-order valence-electron chi connectivity index (χ3n) is 29.3. The molecule has 41 atom stereocenters. The van der Waals surface area contributed by atoms with Gasteiger partial charge in [-0.3, -0.25) is 14.4 Å². The highest BCUT2D eigenvalue weighted by Crippen LogP contribution is 2.76. The van der Waals surface area contributed by atoms with Crippen molar-refractivity contribution in [3.8, 4) is 17.2 Å². The second-order valence-electron chi connectivity index (χ2n) is 37.1. The Morgan fingerprint density at radius 3 is 1.66 bits per heavy atom. The number of carboxylic acids is 1. The molecule has 7 aliphatic heterocycles. The van der Waals surface area contributed by atoms with Gasteiger partial charge in [-0.1, -0.05) is 39.3 Å². The van der Waals surface area contributed by atoms with E-state index in [9.17, 15) is 111 Å². The summed E-state index contributed by atoms with van der Waals surface area (Å²) in [4.78, 5) is 58.1. The van der Waals surface area contributed by atoms with E-state index in [2.05, 4.69) is 0 Å². The van der Waals surface area contributed by atoms with Crippen molar-refractivity contribution >= 4 is 30.0 Å². The molecule has 1 aromatic rings. The summed E-state index contributed by atoms with van der Waals surface area (Å²) in [6, 6.07) is 3.01. The first-order valence-electron chi connectivity index (χ1n) is 42.4. The molecule has 0 aromatic heterocycles. The number of methoxy groups -OCH3 is 3. The minimum atomic E-state index is -2.40. The Balaban J connectivity index is 0.884. The monoisotopic (exact) mass is 1790 g/mol. The molecule has 0 spiro atoms. The van der Waals surface area contributed by atoms with Crippen LogP contribution in [-0.2, 0) is 95.0 Å². The van der Waals surface area contributed by atoms with E-state index in [1.165, 1.54) is 60.3 Å². The van der Waals surface area contributed by atoms with Crippen molar-refractivity contribution in [3.05, 3.63) is 35.4 Å². The standard InChI is InChI=1S/C83H124O42/c1-33-59(119-68-57(100)61(40(90)28-111-68)120-69-54(97)50(93)44(27-85)115-69)63(121-74-66(102)83(106,31-87)32-112-74)58(101)72(113-33)123-65-64(122-70-55(98)53(96)51(94)45(117-70)29-110-35(3)88)60(118-48(91)15-12-36-22-41(107-9)62(109-11)42(23-36)108-10)34(2)114-73(65)125-76(105)81-19-18-77(4,5)24-38(81)37-13-14-46-78(6)25-39(89)67(124-71-56(99)52(95)49(92)43(26-84)116-71)80(8,75(103)104)47(78)16-17-79(46,7)82(37,30-86)21-20-81/h12-13,15,22-23,33-34,38-40,43-47,49-61,63-74,84-87,89-90,92-102,106H,14,16-21,24-32H2,1-11H3,(H,103,104). The number of carbonyl (C=O) groups excluding carboxylic acids is 3. The van der Waals surface area contributed by atoms with E-state index in [1.807, 2.05) is 33.8 Å². The molecule has 42 nitrogen and oxygen atoms in total. The lowest BCUT2D eigenvalue weighted by atomic mass is 9.33. The molecule has 0 radical (unpaired) electrons. The minimum Gasteiger partial charge on any atom is -0.493 e. The Kier molecular flexibility index (Phi) is 29.4. The van der Waals surface area contributed by atoms with Crippen LogP contribution in [0.1, 0.15) is 119 Å². The number of hydrogen-bond donors (Lipinski definition) is 19. The topological polar surface area (TPSA) is 628 Å². The zero-order chi connectivity index (χ0) is 91.2. The van der Waals surface area contributed by atoms with Gasteiger partial charge in [0, 0.05) is 18.4 Å². The third kappa shape index (κ3) is 17.5. The second kappa shape index (κ2) is 37.8. The number of aliphatic carboxylic acids is 1. The maximum atomic E-state index is 16.8. The molecule has 0 amide bonds. The van der Waals surface area contributed by atoms with E-state index in [0.717, 1.165) is 13.0 Å². The molecule has 41 unspecified atom stereocenters. The summed E-state index contributed by atoms with van der Waals surface area (Å²) >= 11 is 0. The SMILES string of the molecule is COc1cc(C=CC(=O)OC2C(C)OC(OC(=O)C34CCC(C)(C)CC3C3=CCC5C6(C)CC(O)C(OC7OC(CO)C(O)C(O)C7O)C(C)(C(=O)O)C6CCC5(C)C3(CO)CC4)C(OC3OC(C)C(OC4OCC(O)C(OC5OC(CO)C(O)C5O)C4O)C(OC4OCC(O)(CO)C4O)C3O)C2OC2OC(COC(C)=O)C(O)C(O)C2O)cc(OC)c1OC. The Bertz CT molecular complexity index is 3960. The van der Waals surface area contributed by atoms with E-state index < -0.39 is 323 Å². The Morgan fingerprint density at radius 2 is 1.07 bits per heavy atom. The first-order chi connectivity index (χ1) is 58.9. The Hall–Kier alpha value is -5.26. The third-order valence-corrected chi connectivity index (χ3v) is 29.3. The quantitative estimate of drug-likeness (QED) is 0.0129. The lowest BCUT2D eigenvalue weighted by molar-refractivity contribution is -0.398. The maximum absolute atomic E-state index is 16.8. The van der Waals surface area contributed by atoms with Crippen LogP contribution < -0.4 is 14.2 Å². The van der Waals surface area contributed by atoms with Crippen molar-refractivity contribution in [2.24, 2.45) is 50.2 Å². The summed E-state index contributed by atoms with van der Waals surface area (Å²) in [5.41, 5.74) is -8.61. The molecule has 11 fully saturated rings. The van der Waals surface area contributed by atoms with E-state index in [1.54, 1.807) is 0 Å². The van der Waals surface area contributed by atoms with Crippen molar-refractivity contribution in [2.45, 2.75) is 315 Å². The Morgan fingerprint density at radius 1 is 0.528 bits per heavy atom. The molecule has 5 aliphatic carbocycles. The van der Waals surface area contributed by atoms with E-state index >= 15 is 4.79 Å². The summed E-state index contributed by atoms with van der Waals surface area (Å²) in [6.45, 7) is 7.84. The molecular formula is C83H124O42. The van der Waals surface area contributed by atoms with E-state index in [4.69, 9.17) is 90.0 Å². The van der Waals surface area contributed by atoms with Gasteiger partial charge in [-0.15, -0.1) is 0 Å². The lowest BCUT2D eigenvalue weighted by Gasteiger charge is -2.71. The zero-order valence-electron chi connectivity index (χ0n) is 71.3. The highest BCUT2D eigenvalue weighted by atomic mass is 16.8. The van der Waals surface area contributed by atoms with Gasteiger partial charge in [-0.05, 0) is 136 Å². The fourth-order valence-electron chi connectivity index (χ4n) is 22.2. The molecule has 12 aliphatic rings. The fraction of sp³-hybridized carbons (Fsp3) is 0.831. The number of rotatable bonds is 27. The normalized spacial score (nSPS) is 47.8. The molecule has 7 saturated heterocycles. The summed E-state index contributed by atoms with van der Waals surface area (Å²) in [7, 11) is 4.11. The largest absolute Gasteiger partial charge is 0.493 e. The van der Waals surface area contributed by atoms with Crippen LogP contribution in [0, 0.1) is 50.2 Å². The molecule has 1 aromatic carbocycles. The predicted molar refractivity (Wildman–Crippen MR) is 413 cm³/mol. The highest BCUT2D eigenvalue weighted by Gasteiger charge is 2.75. The van der Waals surface area contributed by atoms with Gasteiger partial charge in [0.25, 0.3) is 0 Å². The van der Waals surface area contributed by atoms with Gasteiger partial charge in [-0.25, -0.2) is 4.79 Å². The first-order valence-corrected chi connectivity index (χ1v) is 42.4. The number of fused-ring (bicyclic) bond motifs is 7. The number of carbonyl (C=O) groups is 4. The molecule has 125 heavy (non-hydrogen) atoms. The van der Waals surface area contributed by atoms with Gasteiger partial charge < -0.3 is 187 Å². The van der Waals surface area contributed by atoms with Gasteiger partial charge in [-0.2, -0.15) is 0 Å². The number of aliphatic hydroxyl groups excluding tert-OH is 17. The molecule has 7 heterocycles. The molecule has 708 valence electrons. The van der Waals surface area contributed by atoms with Crippen molar-refractivity contribution in [1.82, 2.24) is 0 Å². The number of carboxylic acid groups (broad SMARTS) is 1. The predicted octanol–water partition coefficient (Wildman–Crippen LogP) is -4.72. The van der Waals surface area contributed by atoms with Crippen LogP contribution in [0.15, 0.2) is 29.9 Å². The first kappa shape index (κ1) is 97.3. The van der Waals surface area contributed by atoms with Crippen LogP contribution in [0.2, 0.25) is 0 Å². The maximum Gasteiger partial charge on any atom is 0.331 e. The number of benzene rings is 1. The van der Waals surface area contributed by atoms with Crippen LogP contribution in [-0.4, -0.2) is 391 Å². The Labute approximate surface area is 719 Å². The van der Waals surface area contributed by atoms with Gasteiger partial charge in [0.05, 0.1) is 90.1 Å². The molecular weight excluding hydrogens is 1670 g/mol. The summed E-state index contributed by atoms with van der Waals surface area (Å²) in [5.74, 6) is -5.80. The molecule has 4 saturated carbocycles. The number of allylic oxidation sites excluding steroid dienone is 1. The van der Waals surface area contributed by atoms with Gasteiger partial charge in [0.15, 0.2) is 61.4 Å². The summed E-state index contributed by atoms with van der Waals surface area (Å²) in [5, 5.41) is 215. The van der Waals surface area contributed by atoms with Crippen LogP contribution in [0.3, 0.4) is 0 Å². The van der Waals surface area contributed by atoms with Crippen LogP contribution in [0.4, 0.5) is 0 Å². The van der Waals surface area contributed by atoms with Crippen molar-refractivity contribution in [3.63, 3.8) is 0 Å². The average molecular weight is 1790 g/mol. The minimum absolute atomic E-state index is 0.00653. The van der Waals surface area contributed by atoms with Crippen molar-refractivity contribution in [2.75, 3.05) is 67.6 Å². The molecule has 42 heteroatoms. The van der Waals surface area contributed by atoms with Crippen LogP contribution in [0.5, 0.6) is 17.2 Å². The van der Waals surface area contributed by atoms with Crippen LogP contribution >= 0.6 is 0 Å². The number of hydrogen-bond acceptors (Lipinski definition) is 41. The smallest absolute Gasteiger partial charge is 0.331 e. The van der Waals surface area contributed by atoms with Crippen LogP contribution in [0.25, 0.3) is 6.08 Å². The lowest BCUT2D eigenvalue weighted by Crippen LogP contribution is -2.71. The number of ether oxygens (including phenoxy) is 19. The zero-order valence-corrected chi connectivity index (χ0v) is 71.3. The van der Waals surface area contributed by atoms with Gasteiger partial charge in [0.1, 0.15) is 134 Å². The fourth-order valence-corrected chi connectivity index (χ4v) is 22.2. The average Bonchev–Trinajstić information content (AvgIpc) is 1.14. The number of aliphatic hydroxyl groups is 18. The van der Waals surface area contributed by atoms with E-state index in [0.29, 0.717) is 24.0 Å². The van der Waals surface area contributed by atoms with Gasteiger partial charge >= 0.3 is 23.9 Å². The molecule has 13 rings (SSSR count). The summed E-state index contributed by atoms with van der Waals surface area (Å²) < 4.78 is 116. The summed E-state index contributed by atoms with van der Waals surface area (Å²) in [6.07, 6.45) is -54.5. The van der Waals surface area contributed by atoms with Crippen molar-refractivity contribution in [1.29, 1.82) is 0 Å². The molecule has 19 N–H and O–H groups in total. The van der Waals surface area contributed by atoms with E-state index in [-0.39, 0.29) is 62.2 Å². The van der Waals surface area contributed by atoms with Crippen molar-refractivity contribution < 1.29 is 206 Å². The molecule has 0 bridgehead atoms. The number of esters is 3. The van der Waals surface area contributed by atoms with Gasteiger partial charge in [0.2, 0.25) is 12.0 Å².